The van der Waals surface area contributed by atoms with Gasteiger partial charge in [-0.2, -0.15) is 0 Å². The number of hydrogen-bond acceptors (Lipinski definition) is 3. The van der Waals surface area contributed by atoms with Crippen molar-refractivity contribution < 1.29 is 14.3 Å². The number of amides is 1. The van der Waals surface area contributed by atoms with Crippen molar-refractivity contribution in [3.8, 4) is 0 Å². The Morgan fingerprint density at radius 3 is 3.00 bits per heavy atom. The molecule has 1 rings (SSSR count). The average Bonchev–Trinajstić information content (AvgIpc) is 2.64. The topological polar surface area (TPSA) is 50.9 Å². The van der Waals surface area contributed by atoms with Crippen molar-refractivity contribution >= 4 is 5.91 Å². The third-order valence-corrected chi connectivity index (χ3v) is 1.42. The Morgan fingerprint density at radius 1 is 1.73 bits per heavy atom. The smallest absolute Gasteiger partial charge is 0.216 e. The van der Waals surface area contributed by atoms with E-state index < -0.39 is 0 Å². The monoisotopic (exact) mass is 159 g/mol. The third-order valence-electron chi connectivity index (χ3n) is 1.42. The maximum absolute atomic E-state index is 10.4. The molecule has 1 fully saturated rings. The van der Waals surface area contributed by atoms with Gasteiger partial charge in [0.2, 0.25) is 5.91 Å². The van der Waals surface area contributed by atoms with E-state index in [2.05, 4.69) is 5.32 Å². The zero-order chi connectivity index (χ0) is 8.27. The van der Waals surface area contributed by atoms with Crippen LogP contribution in [0.3, 0.4) is 0 Å². The summed E-state index contributed by atoms with van der Waals surface area (Å²) in [5.41, 5.74) is 0. The highest BCUT2D eigenvalue weighted by atomic mass is 16.8. The minimum absolute atomic E-state index is 0.0317. The van der Waals surface area contributed by atoms with Gasteiger partial charge < -0.3 is 14.8 Å². The molecule has 64 valence electrons. The normalized spacial score (nSPS) is 28.2. The van der Waals surface area contributed by atoms with Crippen LogP contribution < -0.4 is 5.32 Å². The van der Waals surface area contributed by atoms with Gasteiger partial charge in [0.05, 0.1) is 0 Å². The van der Waals surface area contributed by atoms with E-state index in [9.17, 15) is 4.79 Å². The van der Waals surface area contributed by atoms with Gasteiger partial charge in [-0.3, -0.25) is 4.79 Å². The molecule has 0 aromatic carbocycles. The van der Waals surface area contributed by atoms with Crippen LogP contribution in [-0.4, -0.2) is 31.5 Å². The standard InChI is InChI=1S/C7H13NO3/c1-3-10-7-6(11-7)4-8-5(2)9/h6-7H,3-4H2,1-2H3,(H,8,9). The van der Waals surface area contributed by atoms with Crippen LogP contribution >= 0.6 is 0 Å². The first-order chi connectivity index (χ1) is 5.24. The highest BCUT2D eigenvalue weighted by Crippen LogP contribution is 2.21. The molecular weight excluding hydrogens is 146 g/mol. The van der Waals surface area contributed by atoms with Crippen LogP contribution in [0.1, 0.15) is 13.8 Å². The van der Waals surface area contributed by atoms with Gasteiger partial charge in [-0.1, -0.05) is 0 Å². The lowest BCUT2D eigenvalue weighted by Gasteiger charge is -1.96. The van der Waals surface area contributed by atoms with Crippen LogP contribution in [0.15, 0.2) is 0 Å². The molecule has 11 heavy (non-hydrogen) atoms. The molecule has 0 aromatic rings. The summed E-state index contributed by atoms with van der Waals surface area (Å²) in [5, 5.41) is 2.65. The molecule has 0 bridgehead atoms. The van der Waals surface area contributed by atoms with Crippen molar-refractivity contribution in [1.82, 2.24) is 5.32 Å². The van der Waals surface area contributed by atoms with E-state index in [4.69, 9.17) is 9.47 Å². The van der Waals surface area contributed by atoms with Gasteiger partial charge in [-0.15, -0.1) is 0 Å². The summed E-state index contributed by atoms with van der Waals surface area (Å²) < 4.78 is 10.2. The number of hydrogen-bond donors (Lipinski definition) is 1. The van der Waals surface area contributed by atoms with E-state index in [1.54, 1.807) is 0 Å². The third kappa shape index (κ3) is 2.86. The minimum atomic E-state index is -0.0909. The minimum Gasteiger partial charge on any atom is -0.354 e. The number of carbonyl (C=O) groups is 1. The molecule has 2 unspecified atom stereocenters. The quantitative estimate of drug-likeness (QED) is 0.582. The van der Waals surface area contributed by atoms with E-state index in [1.807, 2.05) is 6.92 Å². The van der Waals surface area contributed by atoms with Gasteiger partial charge in [0.15, 0.2) is 6.29 Å². The van der Waals surface area contributed by atoms with E-state index in [0.717, 1.165) is 0 Å². The highest BCUT2D eigenvalue weighted by Gasteiger charge is 2.39. The van der Waals surface area contributed by atoms with Crippen molar-refractivity contribution in [3.63, 3.8) is 0 Å². The molecule has 4 nitrogen and oxygen atoms in total. The second kappa shape index (κ2) is 3.69. The van der Waals surface area contributed by atoms with Crippen LogP contribution in [0.4, 0.5) is 0 Å². The Morgan fingerprint density at radius 2 is 2.45 bits per heavy atom. The van der Waals surface area contributed by atoms with Gasteiger partial charge in [0, 0.05) is 20.1 Å². The summed E-state index contributed by atoms with van der Waals surface area (Å²) in [5.74, 6) is -0.0317. The lowest BCUT2D eigenvalue weighted by molar-refractivity contribution is -0.119. The second-order valence-electron chi connectivity index (χ2n) is 2.44. The number of rotatable bonds is 4. The van der Waals surface area contributed by atoms with Crippen LogP contribution in [-0.2, 0) is 14.3 Å². The molecule has 4 heteroatoms. The second-order valence-corrected chi connectivity index (χ2v) is 2.44. The molecular formula is C7H13NO3. The summed E-state index contributed by atoms with van der Waals surface area (Å²) in [6.07, 6.45) is -0.0225. The van der Waals surface area contributed by atoms with Crippen molar-refractivity contribution in [2.75, 3.05) is 13.2 Å². The van der Waals surface area contributed by atoms with Crippen LogP contribution in [0.25, 0.3) is 0 Å². The fourth-order valence-corrected chi connectivity index (χ4v) is 0.826. The Hall–Kier alpha value is -0.610. The van der Waals surface area contributed by atoms with E-state index in [-0.39, 0.29) is 18.3 Å². The first kappa shape index (κ1) is 8.49. The van der Waals surface area contributed by atoms with E-state index in [0.29, 0.717) is 13.2 Å². The Kier molecular flexibility index (Phi) is 2.84. The summed E-state index contributed by atoms with van der Waals surface area (Å²) in [6, 6.07) is 0. The molecule has 1 N–H and O–H groups in total. The predicted octanol–water partition coefficient (Wildman–Crippen LogP) is -0.116. The van der Waals surface area contributed by atoms with Gasteiger partial charge in [0.25, 0.3) is 0 Å². The van der Waals surface area contributed by atoms with Crippen LogP contribution in [0.2, 0.25) is 0 Å². The molecule has 0 aromatic heterocycles. The molecule has 1 aliphatic rings. The molecule has 0 saturated carbocycles. The zero-order valence-corrected chi connectivity index (χ0v) is 6.79. The van der Waals surface area contributed by atoms with E-state index >= 15 is 0 Å². The zero-order valence-electron chi connectivity index (χ0n) is 6.79. The lowest BCUT2D eigenvalue weighted by atomic mass is 10.4. The molecule has 0 spiro atoms. The van der Waals surface area contributed by atoms with Crippen molar-refractivity contribution in [1.29, 1.82) is 0 Å². The van der Waals surface area contributed by atoms with Gasteiger partial charge in [0.1, 0.15) is 6.10 Å². The molecule has 0 aliphatic carbocycles. The van der Waals surface area contributed by atoms with E-state index in [1.165, 1.54) is 6.92 Å². The molecule has 2 atom stereocenters. The van der Waals surface area contributed by atoms with Crippen molar-refractivity contribution in [3.05, 3.63) is 0 Å². The number of nitrogens with one attached hydrogen (secondary N) is 1. The highest BCUT2D eigenvalue weighted by molar-refractivity contribution is 5.72. The van der Waals surface area contributed by atoms with Crippen LogP contribution in [0.5, 0.6) is 0 Å². The van der Waals surface area contributed by atoms with Gasteiger partial charge >= 0.3 is 0 Å². The molecule has 1 aliphatic heterocycles. The number of ether oxygens (including phenoxy) is 2. The molecule has 1 heterocycles. The first-order valence-electron chi connectivity index (χ1n) is 3.75. The molecule has 1 saturated heterocycles. The summed E-state index contributed by atoms with van der Waals surface area (Å²) >= 11 is 0. The Bertz CT molecular complexity index is 149. The number of carbonyl (C=O) groups excluding carboxylic acids is 1. The average molecular weight is 159 g/mol. The largest absolute Gasteiger partial charge is 0.354 e. The SMILES string of the molecule is CCOC1OC1CNC(C)=O. The van der Waals surface area contributed by atoms with Crippen LogP contribution in [0, 0.1) is 0 Å². The van der Waals surface area contributed by atoms with Gasteiger partial charge in [-0.05, 0) is 6.92 Å². The summed E-state index contributed by atoms with van der Waals surface area (Å²) in [6.45, 7) is 4.61. The summed E-state index contributed by atoms with van der Waals surface area (Å²) in [7, 11) is 0. The van der Waals surface area contributed by atoms with Crippen molar-refractivity contribution in [2.24, 2.45) is 0 Å². The summed E-state index contributed by atoms with van der Waals surface area (Å²) in [4.78, 5) is 10.4. The Balaban J connectivity index is 2.00. The predicted molar refractivity (Wildman–Crippen MR) is 39.0 cm³/mol. The number of epoxide rings is 1. The fraction of sp³-hybridized carbons (Fsp3) is 0.857. The first-order valence-corrected chi connectivity index (χ1v) is 3.75. The maximum Gasteiger partial charge on any atom is 0.216 e. The van der Waals surface area contributed by atoms with Crippen molar-refractivity contribution in [2.45, 2.75) is 26.2 Å². The maximum atomic E-state index is 10.4. The molecule has 0 radical (unpaired) electrons. The Labute approximate surface area is 65.9 Å². The fourth-order valence-electron chi connectivity index (χ4n) is 0.826. The van der Waals surface area contributed by atoms with Gasteiger partial charge in [-0.25, -0.2) is 0 Å². The molecule has 1 amide bonds. The lowest BCUT2D eigenvalue weighted by Crippen LogP contribution is -2.25.